The third kappa shape index (κ3) is 11.2. The zero-order valence-corrected chi connectivity index (χ0v) is 25.6. The van der Waals surface area contributed by atoms with Crippen LogP contribution in [0.15, 0.2) is 48.5 Å². The molecule has 0 radical (unpaired) electrons. The average molecular weight is 586 g/mol. The second-order valence-corrected chi connectivity index (χ2v) is 12.9. The monoisotopic (exact) mass is 585 g/mol. The van der Waals surface area contributed by atoms with Crippen LogP contribution in [-0.2, 0) is 19.1 Å². The van der Waals surface area contributed by atoms with E-state index in [0.29, 0.717) is 11.3 Å². The first kappa shape index (κ1) is 34.3. The van der Waals surface area contributed by atoms with Crippen LogP contribution in [0.2, 0.25) is 0 Å². The standard InChI is InChI=1S/C32H43NO9/c1-19(20(2)39-30(38)40-22-12-10-9-11-13-22)27(28(33)29(36)37)21-14-15-23(41-25(34)17-31(3,4)5)24(16-21)42-26(35)18-32(6,7)8/h9-16,19-20,27-28H,17-18,33H2,1-8H3,(H,36,37)/t19?,20?,27?,28-/m0/s1. The number of ether oxygens (including phenoxy) is 4. The minimum absolute atomic E-state index is 0.0151. The third-order valence-corrected chi connectivity index (χ3v) is 6.36. The Morgan fingerprint density at radius 1 is 0.786 bits per heavy atom. The predicted octanol–water partition coefficient (Wildman–Crippen LogP) is 6.11. The molecule has 4 atom stereocenters. The Morgan fingerprint density at radius 3 is 1.81 bits per heavy atom. The van der Waals surface area contributed by atoms with Crippen LogP contribution in [0.25, 0.3) is 0 Å². The van der Waals surface area contributed by atoms with Gasteiger partial charge in [0.15, 0.2) is 11.5 Å². The molecule has 0 spiro atoms. The topological polar surface area (TPSA) is 151 Å². The van der Waals surface area contributed by atoms with Crippen molar-refractivity contribution in [3.63, 3.8) is 0 Å². The van der Waals surface area contributed by atoms with Crippen molar-refractivity contribution >= 4 is 24.1 Å². The van der Waals surface area contributed by atoms with Gasteiger partial charge in [-0.15, -0.1) is 0 Å². The van der Waals surface area contributed by atoms with Gasteiger partial charge in [-0.2, -0.15) is 0 Å². The summed E-state index contributed by atoms with van der Waals surface area (Å²) in [5.74, 6) is -3.63. The second-order valence-electron chi connectivity index (χ2n) is 12.9. The van der Waals surface area contributed by atoms with Gasteiger partial charge >= 0.3 is 24.1 Å². The molecule has 0 bridgehead atoms. The molecule has 0 aliphatic rings. The molecular formula is C32H43NO9. The van der Waals surface area contributed by atoms with E-state index in [2.05, 4.69) is 0 Å². The van der Waals surface area contributed by atoms with Gasteiger partial charge in [-0.3, -0.25) is 14.4 Å². The van der Waals surface area contributed by atoms with Crippen molar-refractivity contribution < 1.29 is 43.2 Å². The molecule has 0 saturated heterocycles. The summed E-state index contributed by atoms with van der Waals surface area (Å²) < 4.78 is 21.9. The molecule has 0 heterocycles. The smallest absolute Gasteiger partial charge is 0.480 e. The highest BCUT2D eigenvalue weighted by Crippen LogP contribution is 2.38. The van der Waals surface area contributed by atoms with Gasteiger partial charge in [0.05, 0.1) is 12.8 Å². The Labute approximate surface area is 247 Å². The normalized spacial score (nSPS) is 14.6. The highest BCUT2D eigenvalue weighted by atomic mass is 16.7. The molecule has 10 heteroatoms. The van der Waals surface area contributed by atoms with E-state index in [0.717, 1.165) is 0 Å². The number of carbonyl (C=O) groups is 4. The summed E-state index contributed by atoms with van der Waals surface area (Å²) in [5.41, 5.74) is 5.82. The van der Waals surface area contributed by atoms with Gasteiger partial charge in [-0.1, -0.05) is 72.7 Å². The SMILES string of the molecule is CC(OC(=O)Oc1ccccc1)C(C)C(c1ccc(OC(=O)CC(C)(C)C)c(OC(=O)CC(C)(C)C)c1)[C@H](N)C(=O)O. The van der Waals surface area contributed by atoms with Crippen LogP contribution in [0, 0.1) is 16.7 Å². The van der Waals surface area contributed by atoms with Crippen LogP contribution in [0.4, 0.5) is 4.79 Å². The lowest BCUT2D eigenvalue weighted by molar-refractivity contribution is -0.140. The van der Waals surface area contributed by atoms with Gasteiger partial charge in [0.2, 0.25) is 0 Å². The molecule has 42 heavy (non-hydrogen) atoms. The van der Waals surface area contributed by atoms with Crippen LogP contribution in [0.1, 0.15) is 79.7 Å². The van der Waals surface area contributed by atoms with Gasteiger partial charge in [0.1, 0.15) is 17.9 Å². The number of hydrogen-bond donors (Lipinski definition) is 2. The summed E-state index contributed by atoms with van der Waals surface area (Å²) in [4.78, 5) is 49.9. The van der Waals surface area contributed by atoms with Crippen LogP contribution >= 0.6 is 0 Å². The van der Waals surface area contributed by atoms with Crippen molar-refractivity contribution in [3.05, 3.63) is 54.1 Å². The molecule has 2 rings (SSSR count). The summed E-state index contributed by atoms with van der Waals surface area (Å²) in [5, 5.41) is 9.83. The first-order chi connectivity index (χ1) is 19.4. The van der Waals surface area contributed by atoms with Crippen molar-refractivity contribution in [1.29, 1.82) is 0 Å². The number of rotatable bonds is 11. The first-order valence-corrected chi connectivity index (χ1v) is 13.8. The molecule has 230 valence electrons. The molecule has 0 aromatic heterocycles. The molecule has 0 aliphatic carbocycles. The van der Waals surface area contributed by atoms with E-state index in [9.17, 15) is 24.3 Å². The number of nitrogens with two attached hydrogens (primary N) is 1. The van der Waals surface area contributed by atoms with Gasteiger partial charge in [-0.05, 0) is 47.6 Å². The minimum Gasteiger partial charge on any atom is -0.480 e. The molecule has 0 fully saturated rings. The van der Waals surface area contributed by atoms with Crippen molar-refractivity contribution in [2.45, 2.75) is 86.3 Å². The van der Waals surface area contributed by atoms with Gasteiger partial charge in [-0.25, -0.2) is 4.79 Å². The number of carboxylic acids is 1. The van der Waals surface area contributed by atoms with Crippen molar-refractivity contribution in [2.75, 3.05) is 0 Å². The van der Waals surface area contributed by atoms with Crippen molar-refractivity contribution in [3.8, 4) is 17.2 Å². The molecule has 0 aliphatic heterocycles. The number of aliphatic carboxylic acids is 1. The van der Waals surface area contributed by atoms with Gasteiger partial charge < -0.3 is 29.8 Å². The quantitative estimate of drug-likeness (QED) is 0.180. The third-order valence-electron chi connectivity index (χ3n) is 6.36. The summed E-state index contributed by atoms with van der Waals surface area (Å²) in [6.07, 6.45) is -1.59. The lowest BCUT2D eigenvalue weighted by Crippen LogP contribution is -2.43. The predicted molar refractivity (Wildman–Crippen MR) is 156 cm³/mol. The molecule has 0 saturated carbocycles. The number of benzene rings is 2. The largest absolute Gasteiger partial charge is 0.514 e. The second kappa shape index (κ2) is 14.3. The van der Waals surface area contributed by atoms with Crippen LogP contribution in [-0.4, -0.2) is 41.3 Å². The van der Waals surface area contributed by atoms with Gasteiger partial charge in [0.25, 0.3) is 0 Å². The fourth-order valence-corrected chi connectivity index (χ4v) is 4.23. The summed E-state index contributed by atoms with van der Waals surface area (Å²) >= 11 is 0. The van der Waals surface area contributed by atoms with E-state index in [1.165, 1.54) is 12.1 Å². The maximum atomic E-state index is 12.8. The molecule has 3 unspecified atom stereocenters. The number of esters is 2. The van der Waals surface area contributed by atoms with Crippen molar-refractivity contribution in [2.24, 2.45) is 22.5 Å². The number of para-hydroxylation sites is 1. The Kier molecular flexibility index (Phi) is 11.7. The van der Waals surface area contributed by atoms with E-state index in [1.807, 2.05) is 41.5 Å². The van der Waals surface area contributed by atoms with Crippen LogP contribution < -0.4 is 19.9 Å². The Morgan fingerprint density at radius 2 is 1.31 bits per heavy atom. The van der Waals surface area contributed by atoms with E-state index in [4.69, 9.17) is 24.7 Å². The Bertz CT molecular complexity index is 1240. The zero-order chi connectivity index (χ0) is 31.8. The summed E-state index contributed by atoms with van der Waals surface area (Å²) in [7, 11) is 0. The summed E-state index contributed by atoms with van der Waals surface area (Å²) in [6, 6.07) is 11.4. The number of carbonyl (C=O) groups excluding carboxylic acids is 3. The summed E-state index contributed by atoms with van der Waals surface area (Å²) in [6.45, 7) is 14.6. The molecular weight excluding hydrogens is 542 g/mol. The highest BCUT2D eigenvalue weighted by Gasteiger charge is 2.36. The first-order valence-electron chi connectivity index (χ1n) is 13.8. The Balaban J connectivity index is 2.43. The maximum absolute atomic E-state index is 12.8. The molecule has 2 aromatic carbocycles. The van der Waals surface area contributed by atoms with Crippen LogP contribution in [0.5, 0.6) is 17.2 Å². The van der Waals surface area contributed by atoms with Gasteiger partial charge in [0, 0.05) is 11.8 Å². The van der Waals surface area contributed by atoms with Crippen LogP contribution in [0.3, 0.4) is 0 Å². The van der Waals surface area contributed by atoms with E-state index in [-0.39, 0.29) is 35.2 Å². The van der Waals surface area contributed by atoms with E-state index >= 15 is 0 Å². The minimum atomic E-state index is -1.41. The fraction of sp³-hybridized carbons (Fsp3) is 0.500. The lowest BCUT2D eigenvalue weighted by Gasteiger charge is -2.31. The zero-order valence-electron chi connectivity index (χ0n) is 25.6. The maximum Gasteiger partial charge on any atom is 0.514 e. The molecule has 0 amide bonds. The molecule has 10 nitrogen and oxygen atoms in total. The molecule has 3 N–H and O–H groups in total. The fourth-order valence-electron chi connectivity index (χ4n) is 4.23. The lowest BCUT2D eigenvalue weighted by atomic mass is 9.79. The number of hydrogen-bond acceptors (Lipinski definition) is 9. The number of carboxylic acid groups (broad SMARTS) is 1. The van der Waals surface area contributed by atoms with E-state index in [1.54, 1.807) is 50.2 Å². The molecule has 2 aromatic rings. The average Bonchev–Trinajstić information content (AvgIpc) is 2.83. The van der Waals surface area contributed by atoms with Crippen molar-refractivity contribution in [1.82, 2.24) is 0 Å². The Hall–Kier alpha value is -3.92. The highest BCUT2D eigenvalue weighted by molar-refractivity contribution is 5.78. The van der Waals surface area contributed by atoms with E-state index < -0.39 is 48.0 Å².